The van der Waals surface area contributed by atoms with Crippen LogP contribution in [0.2, 0.25) is 0 Å². The molecule has 1 aromatic heterocycles. The number of amides is 1. The maximum Gasteiger partial charge on any atom is 0.251 e. The Hall–Kier alpha value is -2.25. The maximum atomic E-state index is 12.5. The van der Waals surface area contributed by atoms with Crippen molar-refractivity contribution in [2.24, 2.45) is 0 Å². The number of ether oxygens (including phenoxy) is 1. The number of benzene rings is 1. The second-order valence-electron chi connectivity index (χ2n) is 7.82. The van der Waals surface area contributed by atoms with Gasteiger partial charge in [-0.2, -0.15) is 0 Å². The molecule has 1 amide bonds. The Labute approximate surface area is 164 Å². The van der Waals surface area contributed by atoms with E-state index in [1.54, 1.807) is 12.3 Å². The number of aromatic nitrogens is 2. The zero-order valence-corrected chi connectivity index (χ0v) is 16.1. The minimum Gasteiger partial charge on any atom is -0.393 e. The minimum absolute atomic E-state index is 0.106. The number of carbonyl (C=O) groups excluding carboxylic acids is 1. The third-order valence-electron chi connectivity index (χ3n) is 5.64. The van der Waals surface area contributed by atoms with Gasteiger partial charge in [0, 0.05) is 36.3 Å². The predicted octanol–water partition coefficient (Wildman–Crippen LogP) is 2.64. The first-order valence-corrected chi connectivity index (χ1v) is 10.3. The summed E-state index contributed by atoms with van der Waals surface area (Å²) in [5.74, 6) is 0.465. The lowest BCUT2D eigenvalue weighted by atomic mass is 9.93. The van der Waals surface area contributed by atoms with Gasteiger partial charge in [-0.15, -0.1) is 0 Å². The lowest BCUT2D eigenvalue weighted by Crippen LogP contribution is -2.35. The number of nitrogens with zero attached hydrogens (tertiary/aromatic N) is 2. The number of hydrogen-bond donors (Lipinski definition) is 3. The smallest absolute Gasteiger partial charge is 0.251 e. The van der Waals surface area contributed by atoms with Crippen LogP contribution in [0, 0.1) is 0 Å². The fourth-order valence-corrected chi connectivity index (χ4v) is 3.91. The van der Waals surface area contributed by atoms with Crippen molar-refractivity contribution in [1.82, 2.24) is 15.3 Å². The average Bonchev–Trinajstić information content (AvgIpc) is 2.74. The Balaban J connectivity index is 1.41. The van der Waals surface area contributed by atoms with Gasteiger partial charge in [0.25, 0.3) is 5.91 Å². The molecule has 28 heavy (non-hydrogen) atoms. The first-order valence-electron chi connectivity index (χ1n) is 10.3. The van der Waals surface area contributed by atoms with Crippen LogP contribution in [0.4, 0.5) is 5.95 Å². The molecule has 1 aromatic carbocycles. The largest absolute Gasteiger partial charge is 0.393 e. The summed E-state index contributed by atoms with van der Waals surface area (Å²) in [7, 11) is 0. The standard InChI is InChI=1S/C21H28N4O3/c26-17-8-6-16(7-9-17)24-21-23-12-15-5-4-14(11-19(15)25-21)20(27)22-13-18-3-1-2-10-28-18/h4-5,11-12,16-18,26H,1-3,6-10,13H2,(H,22,27)(H,23,24,25)/t16-,17-,18?. The third kappa shape index (κ3) is 4.77. The summed E-state index contributed by atoms with van der Waals surface area (Å²) in [5.41, 5.74) is 1.34. The van der Waals surface area contributed by atoms with Gasteiger partial charge in [0.05, 0.1) is 17.7 Å². The van der Waals surface area contributed by atoms with Crippen LogP contribution in [0.15, 0.2) is 24.4 Å². The van der Waals surface area contributed by atoms with Crippen LogP contribution in [-0.2, 0) is 4.74 Å². The lowest BCUT2D eigenvalue weighted by Gasteiger charge is -2.26. The minimum atomic E-state index is -0.185. The summed E-state index contributed by atoms with van der Waals surface area (Å²) >= 11 is 0. The first kappa shape index (κ1) is 19.1. The average molecular weight is 384 g/mol. The molecule has 0 radical (unpaired) electrons. The van der Waals surface area contributed by atoms with Crippen molar-refractivity contribution in [1.29, 1.82) is 0 Å². The lowest BCUT2D eigenvalue weighted by molar-refractivity contribution is 0.0169. The van der Waals surface area contributed by atoms with E-state index in [-0.39, 0.29) is 24.2 Å². The highest BCUT2D eigenvalue weighted by atomic mass is 16.5. The number of carbonyl (C=O) groups is 1. The molecular weight excluding hydrogens is 356 g/mol. The van der Waals surface area contributed by atoms with Gasteiger partial charge in [-0.1, -0.05) is 6.07 Å². The van der Waals surface area contributed by atoms with Gasteiger partial charge >= 0.3 is 0 Å². The Bertz CT molecular complexity index is 814. The van der Waals surface area contributed by atoms with E-state index in [2.05, 4.69) is 20.6 Å². The molecular formula is C21H28N4O3. The summed E-state index contributed by atoms with van der Waals surface area (Å²) in [6.45, 7) is 1.32. The Morgan fingerprint density at radius 2 is 2.04 bits per heavy atom. The van der Waals surface area contributed by atoms with Crippen LogP contribution in [0.5, 0.6) is 0 Å². The van der Waals surface area contributed by atoms with E-state index in [9.17, 15) is 9.90 Å². The van der Waals surface area contributed by atoms with E-state index in [1.807, 2.05) is 12.1 Å². The predicted molar refractivity (Wildman–Crippen MR) is 107 cm³/mol. The fraction of sp³-hybridized carbons (Fsp3) is 0.571. The Morgan fingerprint density at radius 1 is 1.18 bits per heavy atom. The van der Waals surface area contributed by atoms with Crippen molar-refractivity contribution in [3.05, 3.63) is 30.0 Å². The molecule has 1 atom stereocenters. The van der Waals surface area contributed by atoms with Crippen molar-refractivity contribution in [2.75, 3.05) is 18.5 Å². The molecule has 3 N–H and O–H groups in total. The molecule has 0 bridgehead atoms. The number of fused-ring (bicyclic) bond motifs is 1. The van der Waals surface area contributed by atoms with E-state index < -0.39 is 0 Å². The molecule has 1 aliphatic heterocycles. The number of hydrogen-bond acceptors (Lipinski definition) is 6. The van der Waals surface area contributed by atoms with Crippen molar-refractivity contribution >= 4 is 22.8 Å². The van der Waals surface area contributed by atoms with E-state index in [4.69, 9.17) is 4.74 Å². The van der Waals surface area contributed by atoms with Crippen LogP contribution in [-0.4, -0.2) is 52.4 Å². The van der Waals surface area contributed by atoms with Gasteiger partial charge in [0.1, 0.15) is 0 Å². The van der Waals surface area contributed by atoms with Gasteiger partial charge in [0.15, 0.2) is 0 Å². The van der Waals surface area contributed by atoms with Crippen LogP contribution in [0.1, 0.15) is 55.3 Å². The Morgan fingerprint density at radius 3 is 2.82 bits per heavy atom. The van der Waals surface area contributed by atoms with Crippen LogP contribution in [0.25, 0.3) is 10.9 Å². The van der Waals surface area contributed by atoms with E-state index >= 15 is 0 Å². The third-order valence-corrected chi connectivity index (χ3v) is 5.64. The van der Waals surface area contributed by atoms with Crippen LogP contribution in [0.3, 0.4) is 0 Å². The molecule has 4 rings (SSSR count). The molecule has 1 aliphatic carbocycles. The first-order chi connectivity index (χ1) is 13.7. The molecule has 2 fully saturated rings. The van der Waals surface area contributed by atoms with Crippen LogP contribution < -0.4 is 10.6 Å². The normalized spacial score (nSPS) is 25.4. The Kier molecular flexibility index (Phi) is 6.02. The van der Waals surface area contributed by atoms with E-state index in [0.29, 0.717) is 18.1 Å². The number of anilines is 1. The molecule has 150 valence electrons. The second kappa shape index (κ2) is 8.84. The summed E-state index contributed by atoms with van der Waals surface area (Å²) in [4.78, 5) is 21.5. The highest BCUT2D eigenvalue weighted by molar-refractivity contribution is 5.97. The number of nitrogens with one attached hydrogen (secondary N) is 2. The molecule has 1 unspecified atom stereocenters. The van der Waals surface area contributed by atoms with Gasteiger partial charge in [-0.05, 0) is 57.1 Å². The summed E-state index contributed by atoms with van der Waals surface area (Å²) in [6.07, 6.45) is 8.40. The fourth-order valence-electron chi connectivity index (χ4n) is 3.91. The van der Waals surface area contributed by atoms with Crippen molar-refractivity contribution in [3.8, 4) is 0 Å². The zero-order valence-electron chi connectivity index (χ0n) is 16.1. The number of rotatable bonds is 5. The van der Waals surface area contributed by atoms with Gasteiger partial charge in [-0.25, -0.2) is 9.97 Å². The number of aliphatic hydroxyl groups excluding tert-OH is 1. The highest BCUT2D eigenvalue weighted by Gasteiger charge is 2.20. The van der Waals surface area contributed by atoms with E-state index in [1.165, 1.54) is 0 Å². The quantitative estimate of drug-likeness (QED) is 0.733. The molecule has 7 heteroatoms. The molecule has 2 heterocycles. The van der Waals surface area contributed by atoms with Gasteiger partial charge in [-0.3, -0.25) is 4.79 Å². The summed E-state index contributed by atoms with van der Waals surface area (Å²) in [5, 5.41) is 16.9. The SMILES string of the molecule is O=C(NCC1CCCCO1)c1ccc2cnc(N[C@H]3CC[C@H](O)CC3)nc2c1. The molecule has 2 aromatic rings. The van der Waals surface area contributed by atoms with Crippen molar-refractivity contribution in [3.63, 3.8) is 0 Å². The summed E-state index contributed by atoms with van der Waals surface area (Å²) < 4.78 is 5.67. The van der Waals surface area contributed by atoms with Crippen molar-refractivity contribution in [2.45, 2.75) is 63.2 Å². The molecule has 2 aliphatic rings. The van der Waals surface area contributed by atoms with Gasteiger partial charge < -0.3 is 20.5 Å². The second-order valence-corrected chi connectivity index (χ2v) is 7.82. The molecule has 0 spiro atoms. The topological polar surface area (TPSA) is 96.4 Å². The van der Waals surface area contributed by atoms with Crippen LogP contribution >= 0.6 is 0 Å². The molecule has 7 nitrogen and oxygen atoms in total. The zero-order chi connectivity index (χ0) is 19.3. The van der Waals surface area contributed by atoms with Crippen molar-refractivity contribution < 1.29 is 14.6 Å². The molecule has 1 saturated carbocycles. The maximum absolute atomic E-state index is 12.5. The summed E-state index contributed by atoms with van der Waals surface area (Å²) in [6, 6.07) is 5.77. The van der Waals surface area contributed by atoms with Gasteiger partial charge in [0.2, 0.25) is 5.95 Å². The van der Waals surface area contributed by atoms with E-state index in [0.717, 1.165) is 62.5 Å². The highest BCUT2D eigenvalue weighted by Crippen LogP contribution is 2.22. The number of aliphatic hydroxyl groups is 1. The monoisotopic (exact) mass is 384 g/mol. The molecule has 1 saturated heterocycles.